The van der Waals surface area contributed by atoms with Crippen molar-refractivity contribution in [2.75, 3.05) is 11.9 Å². The molecule has 0 saturated heterocycles. The summed E-state index contributed by atoms with van der Waals surface area (Å²) >= 11 is 0. The Balaban J connectivity index is 1.35. The number of aryl methyl sites for hydroxylation is 4. The highest BCUT2D eigenvalue weighted by atomic mass is 16.5. The SMILES string of the molecule is Cc1ccc(-n2nc(C)c(NC(=O)COC(=O)CCn3c(=O)n(C)c4ccccc43)c2C)cc1. The van der Waals surface area contributed by atoms with Crippen molar-refractivity contribution in [3.05, 3.63) is 76.0 Å². The molecule has 0 saturated carbocycles. The van der Waals surface area contributed by atoms with Crippen LogP contribution in [0.2, 0.25) is 0 Å². The van der Waals surface area contributed by atoms with E-state index in [1.165, 1.54) is 9.13 Å². The van der Waals surface area contributed by atoms with E-state index in [-0.39, 0.29) is 18.7 Å². The lowest BCUT2D eigenvalue weighted by Crippen LogP contribution is -2.25. The second-order valence-corrected chi connectivity index (χ2v) is 8.23. The molecule has 0 spiro atoms. The Hall–Kier alpha value is -4.14. The molecule has 0 radical (unpaired) electrons. The van der Waals surface area contributed by atoms with Gasteiger partial charge in [0.15, 0.2) is 6.61 Å². The Kier molecular flexibility index (Phi) is 6.36. The molecular formula is C25H27N5O4. The van der Waals surface area contributed by atoms with Gasteiger partial charge < -0.3 is 10.1 Å². The van der Waals surface area contributed by atoms with Crippen LogP contribution in [0.5, 0.6) is 0 Å². The molecule has 0 unspecified atom stereocenters. The summed E-state index contributed by atoms with van der Waals surface area (Å²) in [4.78, 5) is 37.1. The van der Waals surface area contributed by atoms with Gasteiger partial charge in [0.2, 0.25) is 0 Å². The topological polar surface area (TPSA) is 100 Å². The van der Waals surface area contributed by atoms with Gasteiger partial charge in [-0.2, -0.15) is 5.10 Å². The first-order valence-corrected chi connectivity index (χ1v) is 11.0. The highest BCUT2D eigenvalue weighted by Gasteiger charge is 2.17. The lowest BCUT2D eigenvalue weighted by molar-refractivity contribution is -0.147. The van der Waals surface area contributed by atoms with Crippen molar-refractivity contribution in [2.24, 2.45) is 7.05 Å². The summed E-state index contributed by atoms with van der Waals surface area (Å²) in [5.74, 6) is -1.01. The van der Waals surface area contributed by atoms with Crippen LogP contribution in [-0.2, 0) is 27.9 Å². The van der Waals surface area contributed by atoms with Crippen LogP contribution in [-0.4, -0.2) is 37.4 Å². The Morgan fingerprint density at radius 1 is 1.00 bits per heavy atom. The minimum atomic E-state index is -0.557. The first-order valence-electron chi connectivity index (χ1n) is 11.0. The van der Waals surface area contributed by atoms with Crippen LogP contribution in [0.15, 0.2) is 53.3 Å². The number of para-hydroxylation sites is 2. The number of imidazole rings is 1. The third kappa shape index (κ3) is 4.50. The Morgan fingerprint density at radius 3 is 2.38 bits per heavy atom. The monoisotopic (exact) mass is 461 g/mol. The zero-order chi connectivity index (χ0) is 24.4. The van der Waals surface area contributed by atoms with E-state index in [4.69, 9.17) is 4.74 Å². The molecule has 4 aromatic rings. The fraction of sp³-hybridized carbons (Fsp3) is 0.280. The predicted molar refractivity (Wildman–Crippen MR) is 129 cm³/mol. The molecule has 0 aliphatic rings. The number of amides is 1. The number of anilines is 1. The minimum Gasteiger partial charge on any atom is -0.456 e. The predicted octanol–water partition coefficient (Wildman–Crippen LogP) is 3.02. The van der Waals surface area contributed by atoms with Crippen molar-refractivity contribution in [3.8, 4) is 5.69 Å². The molecule has 0 aliphatic heterocycles. The van der Waals surface area contributed by atoms with Gasteiger partial charge in [0, 0.05) is 13.6 Å². The molecule has 2 heterocycles. The lowest BCUT2D eigenvalue weighted by Gasteiger charge is -2.08. The van der Waals surface area contributed by atoms with Crippen LogP contribution in [0.4, 0.5) is 5.69 Å². The number of hydrogen-bond acceptors (Lipinski definition) is 5. The van der Waals surface area contributed by atoms with E-state index >= 15 is 0 Å². The summed E-state index contributed by atoms with van der Waals surface area (Å²) in [6.07, 6.45) is -0.0232. The molecule has 2 aromatic carbocycles. The van der Waals surface area contributed by atoms with E-state index in [2.05, 4.69) is 10.4 Å². The summed E-state index contributed by atoms with van der Waals surface area (Å²) < 4.78 is 9.97. The van der Waals surface area contributed by atoms with E-state index in [1.807, 2.05) is 62.4 Å². The maximum atomic E-state index is 12.5. The van der Waals surface area contributed by atoms with Gasteiger partial charge in [-0.15, -0.1) is 0 Å². The van der Waals surface area contributed by atoms with Gasteiger partial charge in [-0.25, -0.2) is 9.48 Å². The summed E-state index contributed by atoms with van der Waals surface area (Å²) in [6.45, 7) is 5.43. The number of aromatic nitrogens is 4. The van der Waals surface area contributed by atoms with E-state index in [0.29, 0.717) is 11.4 Å². The van der Waals surface area contributed by atoms with Crippen LogP contribution in [0.1, 0.15) is 23.4 Å². The van der Waals surface area contributed by atoms with E-state index < -0.39 is 18.5 Å². The number of hydrogen-bond donors (Lipinski definition) is 1. The number of esters is 1. The van der Waals surface area contributed by atoms with Gasteiger partial charge >= 0.3 is 11.7 Å². The molecule has 2 aromatic heterocycles. The van der Waals surface area contributed by atoms with Crippen molar-refractivity contribution in [1.82, 2.24) is 18.9 Å². The molecule has 4 rings (SSSR count). The first-order chi connectivity index (χ1) is 16.3. The standard InChI is InChI=1S/C25H27N5O4/c1-16-9-11-19(12-10-16)30-18(3)24(17(2)27-30)26-22(31)15-34-23(32)13-14-29-21-8-6-5-7-20(21)28(4)25(29)33/h5-12H,13-15H2,1-4H3,(H,26,31). The van der Waals surface area contributed by atoms with Crippen molar-refractivity contribution < 1.29 is 14.3 Å². The zero-order valence-corrected chi connectivity index (χ0v) is 19.7. The second-order valence-electron chi connectivity index (χ2n) is 8.23. The smallest absolute Gasteiger partial charge is 0.328 e. The normalized spacial score (nSPS) is 11.1. The van der Waals surface area contributed by atoms with Gasteiger partial charge in [-0.3, -0.25) is 18.7 Å². The second kappa shape index (κ2) is 9.38. The quantitative estimate of drug-likeness (QED) is 0.427. The van der Waals surface area contributed by atoms with Crippen molar-refractivity contribution in [3.63, 3.8) is 0 Å². The van der Waals surface area contributed by atoms with Crippen LogP contribution < -0.4 is 11.0 Å². The van der Waals surface area contributed by atoms with Crippen LogP contribution >= 0.6 is 0 Å². The Bertz CT molecular complexity index is 1430. The number of benzene rings is 2. The maximum absolute atomic E-state index is 12.5. The number of rotatable bonds is 7. The molecule has 176 valence electrons. The van der Waals surface area contributed by atoms with Crippen molar-refractivity contribution in [1.29, 1.82) is 0 Å². The maximum Gasteiger partial charge on any atom is 0.328 e. The largest absolute Gasteiger partial charge is 0.456 e. The average Bonchev–Trinajstić information content (AvgIpc) is 3.24. The Morgan fingerprint density at radius 2 is 1.68 bits per heavy atom. The number of fused-ring (bicyclic) bond motifs is 1. The van der Waals surface area contributed by atoms with E-state index in [9.17, 15) is 14.4 Å². The van der Waals surface area contributed by atoms with E-state index in [1.54, 1.807) is 18.7 Å². The van der Waals surface area contributed by atoms with Gasteiger partial charge in [0.1, 0.15) is 0 Å². The molecule has 9 nitrogen and oxygen atoms in total. The number of carbonyl (C=O) groups excluding carboxylic acids is 2. The third-order valence-electron chi connectivity index (χ3n) is 5.79. The molecular weight excluding hydrogens is 434 g/mol. The summed E-state index contributed by atoms with van der Waals surface area (Å²) in [6, 6.07) is 15.3. The van der Waals surface area contributed by atoms with Crippen LogP contribution in [0.25, 0.3) is 16.7 Å². The molecule has 34 heavy (non-hydrogen) atoms. The zero-order valence-electron chi connectivity index (χ0n) is 19.7. The van der Waals surface area contributed by atoms with E-state index in [0.717, 1.165) is 28.0 Å². The molecule has 0 aliphatic carbocycles. The molecule has 1 N–H and O–H groups in total. The fourth-order valence-electron chi connectivity index (χ4n) is 3.94. The number of ether oxygens (including phenoxy) is 1. The number of nitrogens with one attached hydrogen (secondary N) is 1. The number of carbonyl (C=O) groups is 2. The van der Waals surface area contributed by atoms with Crippen LogP contribution in [0.3, 0.4) is 0 Å². The highest BCUT2D eigenvalue weighted by molar-refractivity contribution is 5.94. The van der Waals surface area contributed by atoms with Gasteiger partial charge in [-0.1, -0.05) is 29.8 Å². The summed E-state index contributed by atoms with van der Waals surface area (Å²) in [7, 11) is 1.69. The average molecular weight is 462 g/mol. The van der Waals surface area contributed by atoms with Crippen LogP contribution in [0, 0.1) is 20.8 Å². The summed E-state index contributed by atoms with van der Waals surface area (Å²) in [5, 5.41) is 7.30. The molecule has 0 fully saturated rings. The minimum absolute atomic E-state index is 0.0232. The highest BCUT2D eigenvalue weighted by Crippen LogP contribution is 2.23. The third-order valence-corrected chi connectivity index (χ3v) is 5.79. The first kappa shape index (κ1) is 23.0. The van der Waals surface area contributed by atoms with Gasteiger partial charge in [-0.05, 0) is 45.0 Å². The molecule has 0 bridgehead atoms. The number of nitrogens with zero attached hydrogens (tertiary/aromatic N) is 4. The van der Waals surface area contributed by atoms with Crippen molar-refractivity contribution in [2.45, 2.75) is 33.7 Å². The lowest BCUT2D eigenvalue weighted by atomic mass is 10.2. The summed E-state index contributed by atoms with van der Waals surface area (Å²) in [5.41, 5.74) is 5.39. The van der Waals surface area contributed by atoms with Gasteiger partial charge in [0.25, 0.3) is 5.91 Å². The fourth-order valence-corrected chi connectivity index (χ4v) is 3.94. The van der Waals surface area contributed by atoms with Gasteiger partial charge in [0.05, 0.1) is 40.2 Å². The van der Waals surface area contributed by atoms with Crippen molar-refractivity contribution >= 4 is 28.6 Å². The molecule has 9 heteroatoms. The molecule has 1 amide bonds. The Labute approximate surface area is 196 Å². The molecule has 0 atom stereocenters.